The zero-order valence-corrected chi connectivity index (χ0v) is 14.5. The van der Waals surface area contributed by atoms with Gasteiger partial charge in [0.25, 0.3) is 0 Å². The van der Waals surface area contributed by atoms with E-state index in [1.54, 1.807) is 60.7 Å². The van der Waals surface area contributed by atoms with Crippen LogP contribution < -0.4 is 0 Å². The highest BCUT2D eigenvalue weighted by molar-refractivity contribution is 9.10. The molecule has 0 unspecified atom stereocenters. The Morgan fingerprint density at radius 3 is 1.64 bits per heavy atom. The number of carbonyl (C=O) groups excluding carboxylic acids is 2. The van der Waals surface area contributed by atoms with Crippen LogP contribution in [-0.4, -0.2) is 21.8 Å². The molecule has 2 N–H and O–H groups in total. The molecule has 0 aliphatic carbocycles. The first-order valence-electron chi connectivity index (χ1n) is 7.44. The molecule has 0 amide bonds. The molecule has 25 heavy (non-hydrogen) atoms. The Bertz CT molecular complexity index is 950. The van der Waals surface area contributed by atoms with Crippen LogP contribution in [0.25, 0.3) is 0 Å². The van der Waals surface area contributed by atoms with Gasteiger partial charge >= 0.3 is 0 Å². The lowest BCUT2D eigenvalue weighted by Crippen LogP contribution is -2.12. The molecule has 0 aliphatic rings. The summed E-state index contributed by atoms with van der Waals surface area (Å²) in [7, 11) is 0. The van der Waals surface area contributed by atoms with Gasteiger partial charge in [0.15, 0.2) is 11.6 Å². The molecule has 0 spiro atoms. The van der Waals surface area contributed by atoms with E-state index in [9.17, 15) is 19.8 Å². The quantitative estimate of drug-likeness (QED) is 0.508. The standard InChI is InChI=1S/C20H13BrO4/c21-14-11-15(22)16(18(23)12-7-3-1-4-8-12)17(20(14)25)19(24)13-9-5-2-6-10-13/h1-11,22,25H. The predicted octanol–water partition coefficient (Wildman–Crippen LogP) is 4.32. The molecule has 3 rings (SSSR count). The molecule has 0 atom stereocenters. The second kappa shape index (κ2) is 6.91. The summed E-state index contributed by atoms with van der Waals surface area (Å²) in [6, 6.07) is 17.8. The van der Waals surface area contributed by atoms with Crippen LogP contribution in [-0.2, 0) is 0 Å². The van der Waals surface area contributed by atoms with E-state index in [1.807, 2.05) is 0 Å². The van der Waals surface area contributed by atoms with Gasteiger partial charge in [-0.05, 0) is 22.0 Å². The van der Waals surface area contributed by atoms with Crippen molar-refractivity contribution < 1.29 is 19.8 Å². The highest BCUT2D eigenvalue weighted by Gasteiger charge is 2.28. The van der Waals surface area contributed by atoms with E-state index in [4.69, 9.17) is 0 Å². The summed E-state index contributed by atoms with van der Waals surface area (Å²) in [5, 5.41) is 20.7. The number of phenols is 2. The molecule has 4 nitrogen and oxygen atoms in total. The molecule has 124 valence electrons. The molecule has 5 heteroatoms. The molecule has 0 saturated carbocycles. The number of aromatic hydroxyl groups is 2. The number of hydrogen-bond acceptors (Lipinski definition) is 4. The maximum Gasteiger partial charge on any atom is 0.197 e. The van der Waals surface area contributed by atoms with E-state index in [1.165, 1.54) is 6.07 Å². The van der Waals surface area contributed by atoms with E-state index >= 15 is 0 Å². The minimum Gasteiger partial charge on any atom is -0.507 e. The maximum absolute atomic E-state index is 12.9. The second-order valence-corrected chi connectivity index (χ2v) is 6.22. The minimum atomic E-state index is -0.547. The number of rotatable bonds is 4. The Hall–Kier alpha value is -2.92. The SMILES string of the molecule is O=C(c1ccccc1)c1c(O)cc(Br)c(O)c1C(=O)c1ccccc1. The van der Waals surface area contributed by atoms with Gasteiger partial charge in [-0.2, -0.15) is 0 Å². The molecule has 3 aromatic carbocycles. The maximum atomic E-state index is 12.9. The number of ketones is 2. The fourth-order valence-corrected chi connectivity index (χ4v) is 2.96. The fourth-order valence-electron chi connectivity index (χ4n) is 2.55. The van der Waals surface area contributed by atoms with Gasteiger partial charge in [0, 0.05) is 11.1 Å². The van der Waals surface area contributed by atoms with Crippen LogP contribution in [0.4, 0.5) is 0 Å². The molecule has 0 radical (unpaired) electrons. The summed E-state index contributed by atoms with van der Waals surface area (Å²) in [5.41, 5.74) is 0.159. The summed E-state index contributed by atoms with van der Waals surface area (Å²) in [4.78, 5) is 25.7. The van der Waals surface area contributed by atoms with Gasteiger partial charge in [0.2, 0.25) is 0 Å². The van der Waals surface area contributed by atoms with Crippen molar-refractivity contribution in [3.05, 3.63) is 93.5 Å². The molecule has 0 heterocycles. The third-order valence-electron chi connectivity index (χ3n) is 3.76. The Morgan fingerprint density at radius 2 is 1.16 bits per heavy atom. The van der Waals surface area contributed by atoms with Crippen molar-refractivity contribution >= 4 is 27.5 Å². The topological polar surface area (TPSA) is 74.6 Å². The number of phenolic OH excluding ortho intramolecular Hbond substituents is 2. The van der Waals surface area contributed by atoms with Crippen molar-refractivity contribution in [3.63, 3.8) is 0 Å². The Labute approximate surface area is 152 Å². The van der Waals surface area contributed by atoms with Gasteiger partial charge in [-0.3, -0.25) is 9.59 Å². The van der Waals surface area contributed by atoms with Crippen molar-refractivity contribution in [1.82, 2.24) is 0 Å². The van der Waals surface area contributed by atoms with Crippen molar-refractivity contribution in [2.45, 2.75) is 0 Å². The molecule has 0 aromatic heterocycles. The molecular formula is C20H13BrO4. The first-order chi connectivity index (χ1) is 12.0. The van der Waals surface area contributed by atoms with Gasteiger partial charge in [-0.25, -0.2) is 0 Å². The Kier molecular flexibility index (Phi) is 4.67. The van der Waals surface area contributed by atoms with Crippen LogP contribution in [0.3, 0.4) is 0 Å². The Morgan fingerprint density at radius 1 is 0.720 bits per heavy atom. The van der Waals surface area contributed by atoms with Crippen LogP contribution in [0, 0.1) is 0 Å². The minimum absolute atomic E-state index is 0.133. The van der Waals surface area contributed by atoms with E-state index < -0.39 is 11.6 Å². The van der Waals surface area contributed by atoms with E-state index in [0.29, 0.717) is 11.1 Å². The molecule has 0 fully saturated rings. The zero-order chi connectivity index (χ0) is 18.0. The number of halogens is 1. The monoisotopic (exact) mass is 396 g/mol. The van der Waals surface area contributed by atoms with Gasteiger partial charge in [-0.1, -0.05) is 60.7 Å². The van der Waals surface area contributed by atoms with Crippen molar-refractivity contribution in [1.29, 1.82) is 0 Å². The number of benzene rings is 3. The lowest BCUT2D eigenvalue weighted by atomic mass is 9.91. The summed E-state index contributed by atoms with van der Waals surface area (Å²) in [6.07, 6.45) is 0. The van der Waals surface area contributed by atoms with Gasteiger partial charge in [0.05, 0.1) is 15.6 Å². The van der Waals surface area contributed by atoms with Crippen LogP contribution in [0.5, 0.6) is 11.5 Å². The van der Waals surface area contributed by atoms with Crippen LogP contribution in [0.15, 0.2) is 71.2 Å². The lowest BCUT2D eigenvalue weighted by molar-refractivity contribution is 0.0998. The summed E-state index contributed by atoms with van der Waals surface area (Å²) in [5.74, 6) is -1.85. The molecule has 0 bridgehead atoms. The average molecular weight is 397 g/mol. The fraction of sp³-hybridized carbons (Fsp3) is 0. The Balaban J connectivity index is 2.24. The first-order valence-corrected chi connectivity index (χ1v) is 8.24. The van der Waals surface area contributed by atoms with Crippen molar-refractivity contribution in [2.24, 2.45) is 0 Å². The van der Waals surface area contributed by atoms with E-state index in [0.717, 1.165) is 0 Å². The van der Waals surface area contributed by atoms with Crippen molar-refractivity contribution in [2.75, 3.05) is 0 Å². The smallest absolute Gasteiger partial charge is 0.197 e. The molecular weight excluding hydrogens is 384 g/mol. The normalized spacial score (nSPS) is 10.4. The van der Waals surface area contributed by atoms with Crippen molar-refractivity contribution in [3.8, 4) is 11.5 Å². The van der Waals surface area contributed by atoms with Gasteiger partial charge in [0.1, 0.15) is 11.5 Å². The summed E-state index contributed by atoms with van der Waals surface area (Å²) >= 11 is 3.10. The summed E-state index contributed by atoms with van der Waals surface area (Å²) in [6.45, 7) is 0. The largest absolute Gasteiger partial charge is 0.507 e. The third-order valence-corrected chi connectivity index (χ3v) is 4.36. The van der Waals surface area contributed by atoms with Crippen LogP contribution in [0.1, 0.15) is 31.8 Å². The van der Waals surface area contributed by atoms with E-state index in [-0.39, 0.29) is 27.1 Å². The second-order valence-electron chi connectivity index (χ2n) is 5.37. The highest BCUT2D eigenvalue weighted by atomic mass is 79.9. The third kappa shape index (κ3) is 3.19. The zero-order valence-electron chi connectivity index (χ0n) is 12.9. The lowest BCUT2D eigenvalue weighted by Gasteiger charge is -2.13. The van der Waals surface area contributed by atoms with E-state index in [2.05, 4.69) is 15.9 Å². The molecule has 3 aromatic rings. The van der Waals surface area contributed by atoms with Crippen LogP contribution >= 0.6 is 15.9 Å². The van der Waals surface area contributed by atoms with Gasteiger partial charge in [-0.15, -0.1) is 0 Å². The highest BCUT2D eigenvalue weighted by Crippen LogP contribution is 2.38. The summed E-state index contributed by atoms with van der Waals surface area (Å²) < 4.78 is 0.133. The predicted molar refractivity (Wildman–Crippen MR) is 97.2 cm³/mol. The van der Waals surface area contributed by atoms with Crippen LogP contribution in [0.2, 0.25) is 0 Å². The number of hydrogen-bond donors (Lipinski definition) is 2. The molecule has 0 saturated heterocycles. The van der Waals surface area contributed by atoms with Gasteiger partial charge < -0.3 is 10.2 Å². The molecule has 0 aliphatic heterocycles. The average Bonchev–Trinajstić information content (AvgIpc) is 2.65. The first kappa shape index (κ1) is 16.9. The number of carbonyl (C=O) groups is 2.